The molecule has 3 N–H and O–H groups in total. The first kappa shape index (κ1) is 21.0. The number of unbranched alkanes of at least 4 members (excludes halogenated alkanes) is 2. The number of hydrogen-bond acceptors (Lipinski definition) is 4. The number of aliphatic hydroxyl groups excluding tert-OH is 2. The second-order valence-electron chi connectivity index (χ2n) is 6.92. The third-order valence-corrected chi connectivity index (χ3v) is 3.32. The molecule has 1 atom stereocenters. The zero-order chi connectivity index (χ0) is 18.7. The molecule has 1 aromatic carbocycles. The number of nitrogens with one attached hydrogen (secondary N) is 1. The van der Waals surface area contributed by atoms with Crippen molar-refractivity contribution in [2.75, 3.05) is 13.2 Å². The molecular formula is C20H29NO4. The van der Waals surface area contributed by atoms with Crippen LogP contribution in [0.3, 0.4) is 0 Å². The van der Waals surface area contributed by atoms with Crippen molar-refractivity contribution >= 4 is 6.09 Å². The first-order valence-corrected chi connectivity index (χ1v) is 8.64. The highest BCUT2D eigenvalue weighted by atomic mass is 16.5. The molecule has 0 aliphatic heterocycles. The molecule has 138 valence electrons. The van der Waals surface area contributed by atoms with E-state index in [1.165, 1.54) is 0 Å². The Morgan fingerprint density at radius 2 is 2.08 bits per heavy atom. The Kier molecular flexibility index (Phi) is 9.04. The maximum Gasteiger partial charge on any atom is 0.407 e. The van der Waals surface area contributed by atoms with E-state index in [2.05, 4.69) is 17.2 Å². The average molecular weight is 347 g/mol. The predicted octanol–water partition coefficient (Wildman–Crippen LogP) is 3.15. The molecule has 1 aromatic rings. The Labute approximate surface area is 150 Å². The molecule has 0 spiro atoms. The molecule has 0 aliphatic carbocycles. The van der Waals surface area contributed by atoms with Crippen LogP contribution in [-0.2, 0) is 4.74 Å². The maximum atomic E-state index is 11.6. The summed E-state index contributed by atoms with van der Waals surface area (Å²) in [5.41, 5.74) is 1.24. The number of aliphatic hydroxyl groups is 2. The van der Waals surface area contributed by atoms with E-state index in [9.17, 15) is 9.90 Å². The van der Waals surface area contributed by atoms with Crippen LogP contribution in [0.2, 0.25) is 0 Å². The fourth-order valence-electron chi connectivity index (χ4n) is 2.09. The fourth-order valence-corrected chi connectivity index (χ4v) is 2.09. The van der Waals surface area contributed by atoms with Crippen LogP contribution in [0.15, 0.2) is 24.3 Å². The quantitative estimate of drug-likeness (QED) is 0.523. The zero-order valence-electron chi connectivity index (χ0n) is 15.3. The highest BCUT2D eigenvalue weighted by Crippen LogP contribution is 2.17. The van der Waals surface area contributed by atoms with Crippen molar-refractivity contribution in [2.24, 2.45) is 0 Å². The standard InChI is InChI=1S/C20H29NO4/c1-20(2,3)21-19(24)25-14-12-18(23)17-11-8-10-16(15-17)9-6-4-5-7-13-22/h8,10-11,15,18,22-23H,4-5,7,12-14H2,1-3H3,(H,21,24). The smallest absolute Gasteiger partial charge is 0.407 e. The van der Waals surface area contributed by atoms with E-state index < -0.39 is 12.2 Å². The third kappa shape index (κ3) is 9.75. The van der Waals surface area contributed by atoms with Gasteiger partial charge >= 0.3 is 6.09 Å². The molecule has 1 unspecified atom stereocenters. The Morgan fingerprint density at radius 1 is 1.32 bits per heavy atom. The van der Waals surface area contributed by atoms with Crippen LogP contribution < -0.4 is 5.32 Å². The number of benzene rings is 1. The van der Waals surface area contributed by atoms with Gasteiger partial charge in [-0.05, 0) is 51.3 Å². The summed E-state index contributed by atoms with van der Waals surface area (Å²) in [6.07, 6.45) is 1.51. The van der Waals surface area contributed by atoms with Gasteiger partial charge in [0.1, 0.15) is 0 Å². The van der Waals surface area contributed by atoms with Crippen molar-refractivity contribution < 1.29 is 19.7 Å². The molecule has 5 heteroatoms. The third-order valence-electron chi connectivity index (χ3n) is 3.32. The van der Waals surface area contributed by atoms with E-state index in [1.54, 1.807) is 0 Å². The van der Waals surface area contributed by atoms with E-state index in [0.29, 0.717) is 6.42 Å². The summed E-state index contributed by atoms with van der Waals surface area (Å²) in [4.78, 5) is 11.6. The lowest BCUT2D eigenvalue weighted by Crippen LogP contribution is -2.41. The van der Waals surface area contributed by atoms with Gasteiger partial charge in [-0.15, -0.1) is 0 Å². The van der Waals surface area contributed by atoms with Crippen LogP contribution in [-0.4, -0.2) is 35.1 Å². The first-order chi connectivity index (χ1) is 11.8. The molecule has 0 bridgehead atoms. The fraction of sp³-hybridized carbons (Fsp3) is 0.550. The van der Waals surface area contributed by atoms with Gasteiger partial charge in [-0.2, -0.15) is 0 Å². The lowest BCUT2D eigenvalue weighted by Gasteiger charge is -2.20. The minimum Gasteiger partial charge on any atom is -0.449 e. The van der Waals surface area contributed by atoms with Crippen LogP contribution >= 0.6 is 0 Å². The Balaban J connectivity index is 2.46. The van der Waals surface area contributed by atoms with Crippen molar-refractivity contribution in [1.29, 1.82) is 0 Å². The van der Waals surface area contributed by atoms with Crippen molar-refractivity contribution in [2.45, 2.75) is 58.1 Å². The normalized spacial score (nSPS) is 12.0. The highest BCUT2D eigenvalue weighted by Gasteiger charge is 2.15. The van der Waals surface area contributed by atoms with E-state index in [1.807, 2.05) is 45.0 Å². The number of carbonyl (C=O) groups is 1. The number of alkyl carbamates (subject to hydrolysis) is 1. The molecule has 0 saturated heterocycles. The summed E-state index contributed by atoms with van der Waals surface area (Å²) in [6.45, 7) is 5.96. The molecular weight excluding hydrogens is 318 g/mol. The van der Waals surface area contributed by atoms with Crippen LogP contribution in [0.5, 0.6) is 0 Å². The van der Waals surface area contributed by atoms with Gasteiger partial charge in [0.25, 0.3) is 0 Å². The van der Waals surface area contributed by atoms with Crippen LogP contribution in [0, 0.1) is 11.8 Å². The number of carbonyl (C=O) groups excluding carboxylic acids is 1. The molecule has 1 rings (SSSR count). The molecule has 1 amide bonds. The predicted molar refractivity (Wildman–Crippen MR) is 98.1 cm³/mol. The van der Waals surface area contributed by atoms with Gasteiger partial charge in [-0.25, -0.2) is 4.79 Å². The SMILES string of the molecule is CC(C)(C)NC(=O)OCCC(O)c1cccc(C#CCCCCO)c1. The largest absolute Gasteiger partial charge is 0.449 e. The number of rotatable bonds is 7. The summed E-state index contributed by atoms with van der Waals surface area (Å²) >= 11 is 0. The van der Waals surface area contributed by atoms with Crippen molar-refractivity contribution in [1.82, 2.24) is 5.32 Å². The van der Waals surface area contributed by atoms with Crippen molar-refractivity contribution in [3.8, 4) is 11.8 Å². The molecule has 25 heavy (non-hydrogen) atoms. The summed E-state index contributed by atoms with van der Waals surface area (Å²) < 4.78 is 5.08. The van der Waals surface area contributed by atoms with E-state index in [4.69, 9.17) is 9.84 Å². The number of amides is 1. The topological polar surface area (TPSA) is 78.8 Å². The molecule has 5 nitrogen and oxygen atoms in total. The van der Waals surface area contributed by atoms with Crippen molar-refractivity contribution in [3.63, 3.8) is 0 Å². The molecule has 0 saturated carbocycles. The van der Waals surface area contributed by atoms with Gasteiger partial charge in [-0.1, -0.05) is 24.0 Å². The molecule has 0 fully saturated rings. The molecule has 0 radical (unpaired) electrons. The second kappa shape index (κ2) is 10.8. The molecule has 0 heterocycles. The maximum absolute atomic E-state index is 11.6. The Hall–Kier alpha value is -2.03. The number of hydrogen-bond donors (Lipinski definition) is 3. The lowest BCUT2D eigenvalue weighted by molar-refractivity contribution is 0.101. The minimum absolute atomic E-state index is 0.139. The van der Waals surface area contributed by atoms with Crippen LogP contribution in [0.4, 0.5) is 4.79 Å². The lowest BCUT2D eigenvalue weighted by atomic mass is 10.0. The van der Waals surface area contributed by atoms with Gasteiger partial charge in [0.15, 0.2) is 0 Å². The summed E-state index contributed by atoms with van der Waals surface area (Å²) in [5, 5.41) is 21.7. The zero-order valence-corrected chi connectivity index (χ0v) is 15.3. The average Bonchev–Trinajstić information content (AvgIpc) is 2.53. The molecule has 0 aromatic heterocycles. The Bertz CT molecular complexity index is 596. The summed E-state index contributed by atoms with van der Waals surface area (Å²) in [6, 6.07) is 7.42. The van der Waals surface area contributed by atoms with Gasteiger partial charge in [0, 0.05) is 30.6 Å². The number of ether oxygens (including phenoxy) is 1. The van der Waals surface area contributed by atoms with E-state index >= 15 is 0 Å². The van der Waals surface area contributed by atoms with Crippen LogP contribution in [0.1, 0.15) is 63.7 Å². The second-order valence-corrected chi connectivity index (χ2v) is 6.92. The van der Waals surface area contributed by atoms with E-state index in [-0.39, 0.29) is 18.8 Å². The van der Waals surface area contributed by atoms with Gasteiger partial charge in [-0.3, -0.25) is 0 Å². The monoisotopic (exact) mass is 347 g/mol. The minimum atomic E-state index is -0.710. The van der Waals surface area contributed by atoms with Crippen molar-refractivity contribution in [3.05, 3.63) is 35.4 Å². The van der Waals surface area contributed by atoms with Gasteiger partial charge in [0.05, 0.1) is 12.7 Å². The summed E-state index contributed by atoms with van der Waals surface area (Å²) in [7, 11) is 0. The Morgan fingerprint density at radius 3 is 2.76 bits per heavy atom. The summed E-state index contributed by atoms with van der Waals surface area (Å²) in [5.74, 6) is 6.12. The molecule has 0 aliphatic rings. The highest BCUT2D eigenvalue weighted by molar-refractivity contribution is 5.68. The van der Waals surface area contributed by atoms with E-state index in [0.717, 1.165) is 30.4 Å². The van der Waals surface area contributed by atoms with Gasteiger partial charge in [0.2, 0.25) is 0 Å². The van der Waals surface area contributed by atoms with Crippen LogP contribution in [0.25, 0.3) is 0 Å². The first-order valence-electron chi connectivity index (χ1n) is 8.64. The van der Waals surface area contributed by atoms with Gasteiger partial charge < -0.3 is 20.3 Å².